The predicted molar refractivity (Wildman–Crippen MR) is 64.9 cm³/mol. The van der Waals surface area contributed by atoms with Gasteiger partial charge in [0.05, 0.1) is 25.4 Å². The van der Waals surface area contributed by atoms with Crippen molar-refractivity contribution in [1.82, 2.24) is 0 Å². The van der Waals surface area contributed by atoms with E-state index in [2.05, 4.69) is 40.7 Å². The quantitative estimate of drug-likeness (QED) is 0.759. The second-order valence-electron chi connectivity index (χ2n) is 6.15. The third kappa shape index (κ3) is 6.09. The third-order valence-electron chi connectivity index (χ3n) is 2.67. The number of rotatable bonds is 6. The molecule has 0 aliphatic rings. The molecule has 0 radical (unpaired) electrons. The van der Waals surface area contributed by atoms with Gasteiger partial charge in [0.15, 0.2) is 0 Å². The Bertz CT molecular complexity index is 235. The van der Waals surface area contributed by atoms with Gasteiger partial charge in [0.2, 0.25) is 0 Å². The van der Waals surface area contributed by atoms with Gasteiger partial charge in [0.1, 0.15) is 0 Å². The Labute approximate surface area is 99.4 Å². The molecule has 0 fully saturated rings. The maximum Gasteiger partial charge on any atom is 0.0701 e. The van der Waals surface area contributed by atoms with Crippen LogP contribution in [0.1, 0.15) is 47.5 Å². The SMILES string of the molecule is CC(C)(CC#N)CC(OCCO)C(C)(C)C. The Morgan fingerprint density at radius 3 is 2.19 bits per heavy atom. The van der Waals surface area contributed by atoms with E-state index in [9.17, 15) is 0 Å². The van der Waals surface area contributed by atoms with E-state index >= 15 is 0 Å². The molecule has 3 heteroatoms. The van der Waals surface area contributed by atoms with Gasteiger partial charge in [-0.1, -0.05) is 34.6 Å². The minimum absolute atomic E-state index is 0.0297. The summed E-state index contributed by atoms with van der Waals surface area (Å²) in [4.78, 5) is 0. The molecule has 0 aliphatic carbocycles. The summed E-state index contributed by atoms with van der Waals surface area (Å²) in [6, 6.07) is 2.22. The van der Waals surface area contributed by atoms with Crippen LogP contribution < -0.4 is 0 Å². The van der Waals surface area contributed by atoms with Gasteiger partial charge < -0.3 is 9.84 Å². The van der Waals surface area contributed by atoms with Crippen molar-refractivity contribution < 1.29 is 9.84 Å². The number of hydrogen-bond acceptors (Lipinski definition) is 3. The standard InChI is InChI=1S/C13H25NO2/c1-12(2,3)11(16-9-8-15)10-13(4,5)6-7-14/h11,15H,6,8-10H2,1-5H3. The first-order valence-electron chi connectivity index (χ1n) is 5.82. The highest BCUT2D eigenvalue weighted by atomic mass is 16.5. The molecule has 0 spiro atoms. The zero-order valence-corrected chi connectivity index (χ0v) is 11.2. The van der Waals surface area contributed by atoms with Gasteiger partial charge in [-0.3, -0.25) is 0 Å². The molecule has 0 bridgehead atoms. The summed E-state index contributed by atoms with van der Waals surface area (Å²) in [6.45, 7) is 10.9. The van der Waals surface area contributed by atoms with E-state index in [0.29, 0.717) is 13.0 Å². The normalized spacial score (nSPS) is 14.6. The van der Waals surface area contributed by atoms with Crippen LogP contribution >= 0.6 is 0 Å². The summed E-state index contributed by atoms with van der Waals surface area (Å²) in [6.07, 6.45) is 1.44. The monoisotopic (exact) mass is 227 g/mol. The lowest BCUT2D eigenvalue weighted by molar-refractivity contribution is -0.0529. The van der Waals surface area contributed by atoms with Crippen molar-refractivity contribution in [2.45, 2.75) is 53.6 Å². The molecule has 0 amide bonds. The van der Waals surface area contributed by atoms with Crippen molar-refractivity contribution in [1.29, 1.82) is 5.26 Å². The van der Waals surface area contributed by atoms with E-state index in [1.807, 2.05) is 0 Å². The predicted octanol–water partition coefficient (Wildman–Crippen LogP) is 2.74. The first-order valence-corrected chi connectivity index (χ1v) is 5.82. The van der Waals surface area contributed by atoms with Crippen molar-refractivity contribution in [3.8, 4) is 6.07 Å². The third-order valence-corrected chi connectivity index (χ3v) is 2.67. The van der Waals surface area contributed by atoms with Crippen molar-refractivity contribution in [2.75, 3.05) is 13.2 Å². The Balaban J connectivity index is 4.49. The van der Waals surface area contributed by atoms with Crippen LogP contribution in [0.15, 0.2) is 0 Å². The van der Waals surface area contributed by atoms with Gasteiger partial charge in [-0.2, -0.15) is 5.26 Å². The van der Waals surface area contributed by atoms with E-state index < -0.39 is 0 Å². The van der Waals surface area contributed by atoms with Crippen molar-refractivity contribution in [2.24, 2.45) is 10.8 Å². The number of nitrogens with zero attached hydrogens (tertiary/aromatic N) is 1. The number of aliphatic hydroxyl groups excluding tert-OH is 1. The first kappa shape index (κ1) is 15.4. The summed E-state index contributed by atoms with van der Waals surface area (Å²) in [7, 11) is 0. The van der Waals surface area contributed by atoms with Gasteiger partial charge in [0, 0.05) is 6.42 Å². The van der Waals surface area contributed by atoms with E-state index in [0.717, 1.165) is 6.42 Å². The van der Waals surface area contributed by atoms with Crippen LogP contribution in [0.3, 0.4) is 0 Å². The summed E-state index contributed by atoms with van der Waals surface area (Å²) in [5, 5.41) is 17.6. The van der Waals surface area contributed by atoms with Crippen LogP contribution in [0.25, 0.3) is 0 Å². The van der Waals surface area contributed by atoms with E-state index in [-0.39, 0.29) is 23.5 Å². The fraction of sp³-hybridized carbons (Fsp3) is 0.923. The molecule has 0 rings (SSSR count). The van der Waals surface area contributed by atoms with E-state index in [1.54, 1.807) is 0 Å². The molecular weight excluding hydrogens is 202 g/mol. The lowest BCUT2D eigenvalue weighted by Gasteiger charge is -2.36. The largest absolute Gasteiger partial charge is 0.394 e. The molecule has 0 saturated carbocycles. The smallest absolute Gasteiger partial charge is 0.0701 e. The van der Waals surface area contributed by atoms with E-state index in [1.165, 1.54) is 0 Å². The molecular formula is C13H25NO2. The maximum absolute atomic E-state index is 8.81. The summed E-state index contributed by atoms with van der Waals surface area (Å²) in [5.41, 5.74) is -0.00987. The average molecular weight is 227 g/mol. The van der Waals surface area contributed by atoms with Crippen LogP contribution in [0, 0.1) is 22.2 Å². The van der Waals surface area contributed by atoms with Gasteiger partial charge in [-0.15, -0.1) is 0 Å². The topological polar surface area (TPSA) is 53.2 Å². The molecule has 16 heavy (non-hydrogen) atoms. The second-order valence-corrected chi connectivity index (χ2v) is 6.15. The number of hydrogen-bond donors (Lipinski definition) is 1. The molecule has 94 valence electrons. The summed E-state index contributed by atoms with van der Waals surface area (Å²) >= 11 is 0. The molecule has 1 atom stereocenters. The van der Waals surface area contributed by atoms with Gasteiger partial charge >= 0.3 is 0 Å². The van der Waals surface area contributed by atoms with Gasteiger partial charge in [-0.25, -0.2) is 0 Å². The number of nitriles is 1. The Morgan fingerprint density at radius 2 is 1.81 bits per heavy atom. The Hall–Kier alpha value is -0.590. The van der Waals surface area contributed by atoms with Crippen LogP contribution in [-0.2, 0) is 4.74 Å². The molecule has 0 aromatic rings. The molecule has 1 unspecified atom stereocenters. The minimum atomic E-state index is -0.0395. The fourth-order valence-electron chi connectivity index (χ4n) is 1.60. The molecule has 0 aliphatic heterocycles. The van der Waals surface area contributed by atoms with Crippen molar-refractivity contribution in [3.63, 3.8) is 0 Å². The lowest BCUT2D eigenvalue weighted by Crippen LogP contribution is -2.34. The van der Waals surface area contributed by atoms with E-state index in [4.69, 9.17) is 15.1 Å². The van der Waals surface area contributed by atoms with Crippen molar-refractivity contribution in [3.05, 3.63) is 0 Å². The fourth-order valence-corrected chi connectivity index (χ4v) is 1.60. The number of aliphatic hydroxyl groups is 1. The highest BCUT2D eigenvalue weighted by Crippen LogP contribution is 2.34. The maximum atomic E-state index is 8.81. The molecule has 0 saturated heterocycles. The van der Waals surface area contributed by atoms with Crippen LogP contribution in [0.2, 0.25) is 0 Å². The Kier molecular flexibility index (Phi) is 5.99. The van der Waals surface area contributed by atoms with Gasteiger partial charge in [0.25, 0.3) is 0 Å². The second kappa shape index (κ2) is 6.22. The highest BCUT2D eigenvalue weighted by Gasteiger charge is 2.31. The average Bonchev–Trinajstić information content (AvgIpc) is 2.10. The van der Waals surface area contributed by atoms with Crippen LogP contribution in [0.4, 0.5) is 0 Å². The van der Waals surface area contributed by atoms with Crippen LogP contribution in [0.5, 0.6) is 0 Å². The molecule has 3 nitrogen and oxygen atoms in total. The molecule has 0 aromatic heterocycles. The zero-order valence-electron chi connectivity index (χ0n) is 11.2. The highest BCUT2D eigenvalue weighted by molar-refractivity contribution is 4.87. The molecule has 0 aromatic carbocycles. The number of ether oxygens (including phenoxy) is 1. The lowest BCUT2D eigenvalue weighted by atomic mass is 9.76. The summed E-state index contributed by atoms with van der Waals surface area (Å²) in [5.74, 6) is 0. The van der Waals surface area contributed by atoms with Crippen molar-refractivity contribution >= 4 is 0 Å². The summed E-state index contributed by atoms with van der Waals surface area (Å²) < 4.78 is 5.68. The first-order chi connectivity index (χ1) is 7.23. The zero-order chi connectivity index (χ0) is 12.8. The van der Waals surface area contributed by atoms with Crippen LogP contribution in [-0.4, -0.2) is 24.4 Å². The molecule has 0 heterocycles. The Morgan fingerprint density at radius 1 is 1.25 bits per heavy atom. The molecule has 1 N–H and O–H groups in total. The van der Waals surface area contributed by atoms with Gasteiger partial charge in [-0.05, 0) is 17.3 Å². The minimum Gasteiger partial charge on any atom is -0.394 e.